The first-order valence-electron chi connectivity index (χ1n) is 7.56. The molecule has 1 aromatic carbocycles. The van der Waals surface area contributed by atoms with E-state index in [1.54, 1.807) is 23.1 Å². The number of benzene rings is 1. The summed E-state index contributed by atoms with van der Waals surface area (Å²) in [7, 11) is -3.50. The van der Waals surface area contributed by atoms with Crippen molar-refractivity contribution in [3.63, 3.8) is 0 Å². The Morgan fingerprint density at radius 1 is 1.32 bits per heavy atom. The number of fused-ring (bicyclic) bond motifs is 1. The molecule has 0 radical (unpaired) electrons. The van der Waals surface area contributed by atoms with Gasteiger partial charge in [-0.1, -0.05) is 0 Å². The third-order valence-electron chi connectivity index (χ3n) is 4.38. The predicted octanol–water partition coefficient (Wildman–Crippen LogP) is 0.707. The molecule has 0 spiro atoms. The number of rotatable bonds is 2. The predicted molar refractivity (Wildman–Crippen MR) is 84.1 cm³/mol. The van der Waals surface area contributed by atoms with Crippen molar-refractivity contribution >= 4 is 21.6 Å². The molecule has 2 N–H and O–H groups in total. The first kappa shape index (κ1) is 15.5. The zero-order valence-electron chi connectivity index (χ0n) is 12.7. The summed E-state index contributed by atoms with van der Waals surface area (Å²) < 4.78 is 26.9. The van der Waals surface area contributed by atoms with Gasteiger partial charge >= 0.3 is 0 Å². The van der Waals surface area contributed by atoms with Gasteiger partial charge in [-0.2, -0.15) is 4.31 Å². The second-order valence-corrected chi connectivity index (χ2v) is 7.91. The number of nitrogens with zero attached hydrogens (tertiary/aromatic N) is 2. The Hall–Kier alpha value is -1.44. The summed E-state index contributed by atoms with van der Waals surface area (Å²) in [5, 5.41) is 0. The molecule has 0 aromatic heterocycles. The third kappa shape index (κ3) is 2.64. The number of sulfonamides is 1. The van der Waals surface area contributed by atoms with Crippen molar-refractivity contribution in [1.82, 2.24) is 4.31 Å². The molecule has 6 nitrogen and oxygen atoms in total. The molecule has 1 amide bonds. The van der Waals surface area contributed by atoms with Crippen LogP contribution in [0.1, 0.15) is 25.3 Å². The van der Waals surface area contributed by atoms with E-state index in [2.05, 4.69) is 0 Å². The first-order valence-corrected chi connectivity index (χ1v) is 9.00. The number of hydrogen-bond donors (Lipinski definition) is 1. The number of piperidine rings is 1. The standard InChI is InChI=1S/C15H21N3O3S/c1-11(19)18-8-6-12-9-14(4-5-15(12)18)22(20,21)17-7-2-3-13(16)10-17/h4-5,9,13H,2-3,6-8,10,16H2,1H3. The summed E-state index contributed by atoms with van der Waals surface area (Å²) in [4.78, 5) is 13.5. The highest BCUT2D eigenvalue weighted by Gasteiger charge is 2.30. The Labute approximate surface area is 130 Å². The Balaban J connectivity index is 1.91. The van der Waals surface area contributed by atoms with E-state index >= 15 is 0 Å². The lowest BCUT2D eigenvalue weighted by Gasteiger charge is -2.30. The monoisotopic (exact) mass is 323 g/mol. The van der Waals surface area contributed by atoms with Gasteiger partial charge in [0, 0.05) is 38.3 Å². The largest absolute Gasteiger partial charge is 0.327 e. The lowest BCUT2D eigenvalue weighted by atomic mass is 10.1. The van der Waals surface area contributed by atoms with Gasteiger partial charge < -0.3 is 10.6 Å². The molecule has 0 bridgehead atoms. The van der Waals surface area contributed by atoms with E-state index in [1.807, 2.05) is 0 Å². The van der Waals surface area contributed by atoms with Gasteiger partial charge in [-0.15, -0.1) is 0 Å². The number of hydrogen-bond acceptors (Lipinski definition) is 4. The fourth-order valence-corrected chi connectivity index (χ4v) is 4.79. The number of amides is 1. The number of carbonyl (C=O) groups excluding carboxylic acids is 1. The van der Waals surface area contributed by atoms with E-state index in [4.69, 9.17) is 5.73 Å². The Kier molecular flexibility index (Phi) is 3.96. The van der Waals surface area contributed by atoms with Gasteiger partial charge in [0.05, 0.1) is 4.90 Å². The maximum absolute atomic E-state index is 12.7. The van der Waals surface area contributed by atoms with Crippen molar-refractivity contribution in [2.75, 3.05) is 24.5 Å². The Morgan fingerprint density at radius 3 is 2.77 bits per heavy atom. The fourth-order valence-electron chi connectivity index (χ4n) is 3.21. The van der Waals surface area contributed by atoms with E-state index in [9.17, 15) is 13.2 Å². The topological polar surface area (TPSA) is 83.7 Å². The summed E-state index contributed by atoms with van der Waals surface area (Å²) in [6, 6.07) is 4.94. The zero-order valence-corrected chi connectivity index (χ0v) is 13.5. The molecule has 1 atom stereocenters. The SMILES string of the molecule is CC(=O)N1CCc2cc(S(=O)(=O)N3CCCC(N)C3)ccc21. The van der Waals surface area contributed by atoms with Crippen molar-refractivity contribution in [2.45, 2.75) is 37.1 Å². The number of nitrogens with two attached hydrogens (primary N) is 1. The van der Waals surface area contributed by atoms with Crippen molar-refractivity contribution in [3.05, 3.63) is 23.8 Å². The summed E-state index contributed by atoms with van der Waals surface area (Å²) >= 11 is 0. The van der Waals surface area contributed by atoms with Crippen LogP contribution in [0.2, 0.25) is 0 Å². The molecular formula is C15H21N3O3S. The summed E-state index contributed by atoms with van der Waals surface area (Å²) in [6.07, 6.45) is 2.35. The molecule has 3 rings (SSSR count). The van der Waals surface area contributed by atoms with Gasteiger partial charge in [0.15, 0.2) is 0 Å². The van der Waals surface area contributed by atoms with Crippen molar-refractivity contribution in [1.29, 1.82) is 0 Å². The molecule has 120 valence electrons. The van der Waals surface area contributed by atoms with Gasteiger partial charge in [-0.25, -0.2) is 8.42 Å². The molecule has 1 unspecified atom stereocenters. The minimum absolute atomic E-state index is 0.0173. The molecule has 2 aliphatic rings. The lowest BCUT2D eigenvalue weighted by molar-refractivity contribution is -0.116. The van der Waals surface area contributed by atoms with E-state index in [0.717, 1.165) is 24.1 Å². The average Bonchev–Trinajstić information content (AvgIpc) is 2.90. The summed E-state index contributed by atoms with van der Waals surface area (Å²) in [5.74, 6) is -0.0173. The molecule has 2 heterocycles. The Morgan fingerprint density at radius 2 is 2.09 bits per heavy atom. The molecule has 0 saturated carbocycles. The van der Waals surface area contributed by atoms with Crippen LogP contribution in [0.3, 0.4) is 0 Å². The lowest BCUT2D eigenvalue weighted by Crippen LogP contribution is -2.45. The van der Waals surface area contributed by atoms with Crippen LogP contribution in [-0.4, -0.2) is 44.3 Å². The molecule has 1 saturated heterocycles. The van der Waals surface area contributed by atoms with Crippen molar-refractivity contribution < 1.29 is 13.2 Å². The number of carbonyl (C=O) groups is 1. The van der Waals surface area contributed by atoms with Gasteiger partial charge in [-0.05, 0) is 43.0 Å². The van der Waals surface area contributed by atoms with Gasteiger partial charge in [0.25, 0.3) is 0 Å². The van der Waals surface area contributed by atoms with Crippen LogP contribution < -0.4 is 10.6 Å². The summed E-state index contributed by atoms with van der Waals surface area (Å²) in [6.45, 7) is 3.03. The Bertz CT molecular complexity index is 702. The second kappa shape index (κ2) is 5.64. The normalized spacial score (nSPS) is 22.6. The molecule has 1 fully saturated rings. The first-order chi connectivity index (χ1) is 10.4. The van der Waals surface area contributed by atoms with Crippen LogP contribution >= 0.6 is 0 Å². The maximum atomic E-state index is 12.7. The van der Waals surface area contributed by atoms with Crippen LogP contribution in [0.25, 0.3) is 0 Å². The van der Waals surface area contributed by atoms with Gasteiger partial charge in [-0.3, -0.25) is 4.79 Å². The summed E-state index contributed by atoms with van der Waals surface area (Å²) in [5.41, 5.74) is 7.63. The van der Waals surface area contributed by atoms with E-state index in [-0.39, 0.29) is 11.9 Å². The molecular weight excluding hydrogens is 302 g/mol. The molecule has 7 heteroatoms. The quantitative estimate of drug-likeness (QED) is 0.869. The molecule has 0 aliphatic carbocycles. The maximum Gasteiger partial charge on any atom is 0.243 e. The van der Waals surface area contributed by atoms with Gasteiger partial charge in [0.1, 0.15) is 0 Å². The second-order valence-electron chi connectivity index (χ2n) is 5.98. The molecule has 1 aromatic rings. The highest BCUT2D eigenvalue weighted by atomic mass is 32.2. The zero-order chi connectivity index (χ0) is 15.9. The minimum Gasteiger partial charge on any atom is -0.327 e. The van der Waals surface area contributed by atoms with Crippen LogP contribution in [0, 0.1) is 0 Å². The highest BCUT2D eigenvalue weighted by Crippen LogP contribution is 2.31. The van der Waals surface area contributed by atoms with Gasteiger partial charge in [0.2, 0.25) is 15.9 Å². The van der Waals surface area contributed by atoms with E-state index in [0.29, 0.717) is 31.0 Å². The van der Waals surface area contributed by atoms with Crippen molar-refractivity contribution in [2.24, 2.45) is 5.73 Å². The van der Waals surface area contributed by atoms with Crippen molar-refractivity contribution in [3.8, 4) is 0 Å². The smallest absolute Gasteiger partial charge is 0.243 e. The number of anilines is 1. The van der Waals surface area contributed by atoms with Crippen LogP contribution in [0.5, 0.6) is 0 Å². The molecule has 2 aliphatic heterocycles. The highest BCUT2D eigenvalue weighted by molar-refractivity contribution is 7.89. The van der Waals surface area contributed by atoms with Crippen LogP contribution in [0.4, 0.5) is 5.69 Å². The van der Waals surface area contributed by atoms with E-state index < -0.39 is 10.0 Å². The molecule has 22 heavy (non-hydrogen) atoms. The van der Waals surface area contributed by atoms with Crippen LogP contribution in [0.15, 0.2) is 23.1 Å². The minimum atomic E-state index is -3.50. The average molecular weight is 323 g/mol. The van der Waals surface area contributed by atoms with Crippen LogP contribution in [-0.2, 0) is 21.2 Å². The van der Waals surface area contributed by atoms with E-state index in [1.165, 1.54) is 11.2 Å². The fraction of sp³-hybridized carbons (Fsp3) is 0.533. The third-order valence-corrected chi connectivity index (χ3v) is 6.25.